The Labute approximate surface area is 188 Å². The van der Waals surface area contributed by atoms with Crippen LogP contribution >= 0.6 is 0 Å². The fourth-order valence-corrected chi connectivity index (χ4v) is 9.42. The minimum Gasteiger partial charge on any atom is -0.297 e. The van der Waals surface area contributed by atoms with E-state index >= 15 is 8.78 Å². The Bertz CT molecular complexity index is 982. The maximum absolute atomic E-state index is 15.1. The van der Waals surface area contributed by atoms with Crippen LogP contribution in [0.2, 0.25) is 0 Å². The summed E-state index contributed by atoms with van der Waals surface area (Å²) in [4.78, 5) is 13.4. The summed E-state index contributed by atoms with van der Waals surface area (Å²) < 4.78 is 31.7. The van der Waals surface area contributed by atoms with Crippen LogP contribution in [0.4, 0.5) is 8.78 Å². The molecule has 6 rings (SSSR count). The highest BCUT2D eigenvalue weighted by atomic mass is 19.3. The van der Waals surface area contributed by atoms with Crippen LogP contribution in [0.1, 0.15) is 64.5 Å². The summed E-state index contributed by atoms with van der Waals surface area (Å²) in [6.45, 7) is 4.50. The highest BCUT2D eigenvalue weighted by molar-refractivity contribution is 5.83. The quantitative estimate of drug-likeness (QED) is 0.637. The first-order valence-electron chi connectivity index (χ1n) is 12.6. The lowest BCUT2D eigenvalue weighted by atomic mass is 9.48. The fraction of sp³-hybridized carbons (Fsp3) is 0.808. The molecule has 0 aliphatic heterocycles. The molecule has 1 aromatic rings. The maximum Gasteiger partial charge on any atom is 0.255 e. The van der Waals surface area contributed by atoms with Crippen LogP contribution in [-0.2, 0) is 11.3 Å². The van der Waals surface area contributed by atoms with Crippen LogP contribution < -0.4 is 0 Å². The van der Waals surface area contributed by atoms with Gasteiger partial charge >= 0.3 is 0 Å². The molecule has 5 fully saturated rings. The first-order valence-corrected chi connectivity index (χ1v) is 12.6. The third-order valence-corrected chi connectivity index (χ3v) is 10.6. The van der Waals surface area contributed by atoms with Gasteiger partial charge in [0.25, 0.3) is 5.92 Å². The number of aromatic nitrogens is 2. The van der Waals surface area contributed by atoms with Crippen molar-refractivity contribution in [2.24, 2.45) is 58.7 Å². The molecule has 0 radical (unpaired) electrons. The molecule has 0 saturated heterocycles. The molecule has 1 aromatic heterocycles. The normalized spacial score (nSPS) is 48.0. The zero-order valence-electron chi connectivity index (χ0n) is 19.0. The van der Waals surface area contributed by atoms with Crippen molar-refractivity contribution in [3.8, 4) is 6.07 Å². The van der Waals surface area contributed by atoms with E-state index in [4.69, 9.17) is 5.26 Å². The second-order valence-corrected chi connectivity index (χ2v) is 12.0. The second-order valence-electron chi connectivity index (χ2n) is 12.0. The Morgan fingerprint density at radius 3 is 2.69 bits per heavy atom. The topological polar surface area (TPSA) is 58.7 Å². The molecule has 5 saturated carbocycles. The van der Waals surface area contributed by atoms with Gasteiger partial charge in [-0.2, -0.15) is 10.4 Å². The number of Topliss-reactive ketones (excluding diaryl/α,β-unsaturated/α-hetero) is 1. The Morgan fingerprint density at radius 1 is 1.16 bits per heavy atom. The van der Waals surface area contributed by atoms with E-state index in [1.807, 2.05) is 6.07 Å². The minimum absolute atomic E-state index is 0.00929. The molecule has 1 unspecified atom stereocenters. The van der Waals surface area contributed by atoms with Gasteiger partial charge in [0.15, 0.2) is 11.5 Å². The van der Waals surface area contributed by atoms with Crippen LogP contribution in [0.5, 0.6) is 0 Å². The van der Waals surface area contributed by atoms with Crippen LogP contribution in [0.25, 0.3) is 0 Å². The largest absolute Gasteiger partial charge is 0.297 e. The average Bonchev–Trinajstić information content (AvgIpc) is 3.09. The number of hydrogen-bond acceptors (Lipinski definition) is 3. The molecule has 5 aliphatic rings. The van der Waals surface area contributed by atoms with E-state index in [0.717, 1.165) is 31.1 Å². The highest BCUT2D eigenvalue weighted by Crippen LogP contribution is 2.79. The first kappa shape index (κ1) is 20.8. The zero-order chi connectivity index (χ0) is 22.4. The van der Waals surface area contributed by atoms with Gasteiger partial charge in [-0.25, -0.2) is 8.78 Å². The Kier molecular flexibility index (Phi) is 4.47. The van der Waals surface area contributed by atoms with Crippen molar-refractivity contribution in [1.82, 2.24) is 9.78 Å². The van der Waals surface area contributed by atoms with Gasteiger partial charge in [0, 0.05) is 24.0 Å². The van der Waals surface area contributed by atoms with Crippen molar-refractivity contribution >= 4 is 5.78 Å². The molecule has 0 aromatic carbocycles. The maximum atomic E-state index is 15.1. The third kappa shape index (κ3) is 2.75. The standard InChI is InChI=1S/C26H33F2N3O/c1-14-3-5-17-15(11-14)4-6-19-18(17)7-9-25(2)21(19)23-24(26(23,27)28)22(25)20(32)13-31-10-8-16(12-29)30-31/h8,10,14-15,17-19,21-24H,3-7,9,11,13H2,1-2H3/t14-,15+,17-,18+,19+,21?,22-,23-,24+,25-/m0/s1. The Hall–Kier alpha value is -1.77. The molecule has 32 heavy (non-hydrogen) atoms. The number of nitrogens with zero attached hydrogens (tertiary/aromatic N) is 3. The molecule has 0 bridgehead atoms. The predicted molar refractivity (Wildman–Crippen MR) is 114 cm³/mol. The molecule has 4 nitrogen and oxygen atoms in total. The number of nitriles is 1. The van der Waals surface area contributed by atoms with Crippen molar-refractivity contribution in [3.63, 3.8) is 0 Å². The second kappa shape index (κ2) is 6.87. The van der Waals surface area contributed by atoms with Crippen molar-refractivity contribution < 1.29 is 13.6 Å². The smallest absolute Gasteiger partial charge is 0.255 e. The monoisotopic (exact) mass is 441 g/mol. The van der Waals surface area contributed by atoms with E-state index in [1.54, 1.807) is 12.3 Å². The third-order valence-electron chi connectivity index (χ3n) is 10.6. The molecule has 0 amide bonds. The van der Waals surface area contributed by atoms with Crippen LogP contribution in [0, 0.1) is 70.0 Å². The predicted octanol–water partition coefficient (Wildman–Crippen LogP) is 5.33. The average molecular weight is 442 g/mol. The lowest BCUT2D eigenvalue weighted by Gasteiger charge is -2.57. The number of rotatable bonds is 3. The zero-order valence-corrected chi connectivity index (χ0v) is 19.0. The highest BCUT2D eigenvalue weighted by Gasteiger charge is 2.84. The Morgan fingerprint density at radius 2 is 1.94 bits per heavy atom. The number of hydrogen-bond donors (Lipinski definition) is 0. The summed E-state index contributed by atoms with van der Waals surface area (Å²) in [5.41, 5.74) is -0.0723. The van der Waals surface area contributed by atoms with E-state index in [2.05, 4.69) is 18.9 Å². The summed E-state index contributed by atoms with van der Waals surface area (Å²) >= 11 is 0. The van der Waals surface area contributed by atoms with Crippen LogP contribution in [-0.4, -0.2) is 21.5 Å². The number of carbonyl (C=O) groups excluding carboxylic acids is 1. The van der Waals surface area contributed by atoms with E-state index in [0.29, 0.717) is 17.8 Å². The van der Waals surface area contributed by atoms with Gasteiger partial charge in [-0.15, -0.1) is 0 Å². The lowest BCUT2D eigenvalue weighted by Crippen LogP contribution is -2.52. The molecule has 0 N–H and O–H groups in total. The lowest BCUT2D eigenvalue weighted by molar-refractivity contribution is -0.142. The van der Waals surface area contributed by atoms with Gasteiger partial charge in [-0.3, -0.25) is 9.48 Å². The van der Waals surface area contributed by atoms with E-state index in [1.165, 1.54) is 30.4 Å². The van der Waals surface area contributed by atoms with Crippen LogP contribution in [0.15, 0.2) is 12.3 Å². The Balaban J connectivity index is 1.28. The molecular weight excluding hydrogens is 408 g/mol. The van der Waals surface area contributed by atoms with Crippen molar-refractivity contribution in [2.75, 3.05) is 0 Å². The molecule has 172 valence electrons. The number of alkyl halides is 2. The summed E-state index contributed by atoms with van der Waals surface area (Å²) in [6, 6.07) is 3.53. The number of carbonyl (C=O) groups is 1. The fourth-order valence-electron chi connectivity index (χ4n) is 9.42. The van der Waals surface area contributed by atoms with Gasteiger partial charge in [0.2, 0.25) is 0 Å². The van der Waals surface area contributed by atoms with Gasteiger partial charge < -0.3 is 0 Å². The number of ketones is 1. The van der Waals surface area contributed by atoms with E-state index in [9.17, 15) is 4.79 Å². The van der Waals surface area contributed by atoms with Crippen molar-refractivity contribution in [1.29, 1.82) is 5.26 Å². The molecular formula is C26H33F2N3O. The minimum atomic E-state index is -2.70. The SMILES string of the molecule is C[C@H]1CC[C@H]2[C@H](CC[C@H]3C4[C@H]5[C@@H]([C@H](C(=O)Cn6ccc(C#N)n6)[C@@]4(C)CC[C@H]23)C5(F)F)C1. The van der Waals surface area contributed by atoms with Gasteiger partial charge in [0.05, 0.1) is 6.54 Å². The molecule has 0 spiro atoms. The number of halogens is 2. The van der Waals surface area contributed by atoms with Crippen molar-refractivity contribution in [2.45, 2.75) is 71.3 Å². The van der Waals surface area contributed by atoms with Gasteiger partial charge in [0.1, 0.15) is 6.07 Å². The number of fused-ring (bicyclic) bond motifs is 7. The molecule has 5 aliphatic carbocycles. The summed E-state index contributed by atoms with van der Waals surface area (Å²) in [5.74, 6) is -1.60. The molecule has 10 atom stereocenters. The molecule has 1 heterocycles. The van der Waals surface area contributed by atoms with E-state index in [-0.39, 0.29) is 29.4 Å². The van der Waals surface area contributed by atoms with E-state index < -0.39 is 23.7 Å². The van der Waals surface area contributed by atoms with Crippen molar-refractivity contribution in [3.05, 3.63) is 18.0 Å². The van der Waals surface area contributed by atoms with Gasteiger partial charge in [-0.05, 0) is 85.5 Å². The summed E-state index contributed by atoms with van der Waals surface area (Å²) in [6.07, 6.45) is 9.73. The van der Waals surface area contributed by atoms with Gasteiger partial charge in [-0.1, -0.05) is 20.3 Å². The summed E-state index contributed by atoms with van der Waals surface area (Å²) in [5, 5.41) is 13.1. The summed E-state index contributed by atoms with van der Waals surface area (Å²) in [7, 11) is 0. The first-order chi connectivity index (χ1) is 15.3. The van der Waals surface area contributed by atoms with Crippen LogP contribution in [0.3, 0.4) is 0 Å². The molecule has 6 heteroatoms.